The van der Waals surface area contributed by atoms with E-state index in [1.54, 1.807) is 6.92 Å². The molecule has 0 saturated carbocycles. The van der Waals surface area contributed by atoms with E-state index in [4.69, 9.17) is 4.42 Å². The van der Waals surface area contributed by atoms with Crippen molar-refractivity contribution in [1.29, 1.82) is 0 Å². The molecule has 1 aromatic heterocycles. The number of aryl methyl sites for hydroxylation is 2. The van der Waals surface area contributed by atoms with E-state index in [0.717, 1.165) is 12.8 Å². The second-order valence-electron chi connectivity index (χ2n) is 6.80. The molecule has 0 fully saturated rings. The van der Waals surface area contributed by atoms with Gasteiger partial charge in [-0.1, -0.05) is 54.6 Å². The Morgan fingerprint density at radius 1 is 1.12 bits per heavy atom. The van der Waals surface area contributed by atoms with Crippen molar-refractivity contribution >= 4 is 5.91 Å². The summed E-state index contributed by atoms with van der Waals surface area (Å²) in [5, 5.41) is 0. The predicted octanol–water partition coefficient (Wildman–Crippen LogP) is 4.27. The maximum Gasteiger partial charge on any atom is 0.292 e. The SMILES string of the molecule is Cc1nc(C)c(C(=O)N2CCc3ccccc3C2Cc2ccccc2)o1. The van der Waals surface area contributed by atoms with Crippen LogP contribution in [-0.2, 0) is 12.8 Å². The summed E-state index contributed by atoms with van der Waals surface area (Å²) in [4.78, 5) is 19.4. The molecule has 0 N–H and O–H groups in total. The third-order valence-electron chi connectivity index (χ3n) is 5.04. The second-order valence-corrected chi connectivity index (χ2v) is 6.80. The van der Waals surface area contributed by atoms with Crippen molar-refractivity contribution < 1.29 is 9.21 Å². The van der Waals surface area contributed by atoms with E-state index < -0.39 is 0 Å². The lowest BCUT2D eigenvalue weighted by Crippen LogP contribution is -2.41. The smallest absolute Gasteiger partial charge is 0.292 e. The van der Waals surface area contributed by atoms with E-state index in [1.165, 1.54) is 16.7 Å². The lowest BCUT2D eigenvalue weighted by Gasteiger charge is -2.37. The summed E-state index contributed by atoms with van der Waals surface area (Å²) >= 11 is 0. The molecule has 0 aliphatic carbocycles. The average Bonchev–Trinajstić information content (AvgIpc) is 3.00. The first kappa shape index (κ1) is 16.6. The van der Waals surface area contributed by atoms with Crippen molar-refractivity contribution in [2.75, 3.05) is 6.54 Å². The lowest BCUT2D eigenvalue weighted by atomic mass is 9.88. The van der Waals surface area contributed by atoms with Crippen LogP contribution >= 0.6 is 0 Å². The molecule has 1 amide bonds. The largest absolute Gasteiger partial charge is 0.436 e. The zero-order valence-corrected chi connectivity index (χ0v) is 15.1. The Labute approximate surface area is 153 Å². The molecule has 2 heterocycles. The van der Waals surface area contributed by atoms with Crippen LogP contribution in [0.3, 0.4) is 0 Å². The molecule has 1 aliphatic rings. The zero-order valence-electron chi connectivity index (χ0n) is 15.1. The molecule has 26 heavy (non-hydrogen) atoms. The van der Waals surface area contributed by atoms with Gasteiger partial charge >= 0.3 is 0 Å². The Bertz CT molecular complexity index is 930. The molecular weight excluding hydrogens is 324 g/mol. The molecule has 1 unspecified atom stereocenters. The van der Waals surface area contributed by atoms with Gasteiger partial charge in [0.25, 0.3) is 5.91 Å². The minimum atomic E-state index is -0.0708. The van der Waals surface area contributed by atoms with Crippen molar-refractivity contribution in [2.24, 2.45) is 0 Å². The number of carbonyl (C=O) groups excluding carboxylic acids is 1. The molecule has 4 heteroatoms. The standard InChI is InChI=1S/C22H22N2O2/c1-15-21(26-16(2)23-15)22(25)24-13-12-18-10-6-7-11-19(18)20(24)14-17-8-4-3-5-9-17/h3-11,20H,12-14H2,1-2H3. The molecule has 0 radical (unpaired) electrons. The minimum Gasteiger partial charge on any atom is -0.436 e. The highest BCUT2D eigenvalue weighted by atomic mass is 16.4. The molecular formula is C22H22N2O2. The molecule has 0 bridgehead atoms. The summed E-state index contributed by atoms with van der Waals surface area (Å²) in [6.45, 7) is 4.29. The fourth-order valence-corrected chi connectivity index (χ4v) is 3.81. The highest BCUT2D eigenvalue weighted by Gasteiger charge is 2.33. The number of amides is 1. The monoisotopic (exact) mass is 346 g/mol. The Balaban J connectivity index is 1.73. The van der Waals surface area contributed by atoms with Crippen LogP contribution in [0.4, 0.5) is 0 Å². The molecule has 2 aromatic carbocycles. The van der Waals surface area contributed by atoms with Crippen LogP contribution in [0.25, 0.3) is 0 Å². The normalized spacial score (nSPS) is 16.4. The van der Waals surface area contributed by atoms with Gasteiger partial charge in [0, 0.05) is 13.5 Å². The second kappa shape index (κ2) is 6.79. The molecule has 132 valence electrons. The van der Waals surface area contributed by atoms with Gasteiger partial charge in [-0.3, -0.25) is 4.79 Å². The molecule has 4 nitrogen and oxygen atoms in total. The van der Waals surface area contributed by atoms with E-state index in [2.05, 4.69) is 41.4 Å². The van der Waals surface area contributed by atoms with Gasteiger partial charge in [-0.2, -0.15) is 0 Å². The maximum absolute atomic E-state index is 13.2. The van der Waals surface area contributed by atoms with Gasteiger partial charge in [-0.25, -0.2) is 4.98 Å². The minimum absolute atomic E-state index is 0.000318. The third kappa shape index (κ3) is 3.03. The number of rotatable bonds is 3. The van der Waals surface area contributed by atoms with Crippen LogP contribution in [0, 0.1) is 13.8 Å². The van der Waals surface area contributed by atoms with Gasteiger partial charge in [-0.05, 0) is 36.5 Å². The van der Waals surface area contributed by atoms with Gasteiger partial charge in [0.15, 0.2) is 5.89 Å². The zero-order chi connectivity index (χ0) is 18.1. The first-order valence-corrected chi connectivity index (χ1v) is 9.00. The number of carbonyl (C=O) groups is 1. The predicted molar refractivity (Wildman–Crippen MR) is 100 cm³/mol. The van der Waals surface area contributed by atoms with E-state index >= 15 is 0 Å². The number of hydrogen-bond acceptors (Lipinski definition) is 3. The highest BCUT2D eigenvalue weighted by molar-refractivity contribution is 5.93. The number of nitrogens with zero attached hydrogens (tertiary/aromatic N) is 2. The number of fused-ring (bicyclic) bond motifs is 1. The average molecular weight is 346 g/mol. The molecule has 4 rings (SSSR count). The van der Waals surface area contributed by atoms with Crippen molar-refractivity contribution in [2.45, 2.75) is 32.7 Å². The molecule has 0 saturated heterocycles. The Morgan fingerprint density at radius 3 is 2.58 bits per heavy atom. The Morgan fingerprint density at radius 2 is 1.85 bits per heavy atom. The van der Waals surface area contributed by atoms with Gasteiger partial charge < -0.3 is 9.32 Å². The number of oxazole rings is 1. The fraction of sp³-hybridized carbons (Fsp3) is 0.273. The van der Waals surface area contributed by atoms with Crippen LogP contribution in [-0.4, -0.2) is 22.3 Å². The number of aromatic nitrogens is 1. The van der Waals surface area contributed by atoms with Crippen molar-refractivity contribution in [1.82, 2.24) is 9.88 Å². The van der Waals surface area contributed by atoms with Crippen molar-refractivity contribution in [3.05, 3.63) is 88.6 Å². The summed E-state index contributed by atoms with van der Waals surface area (Å²) < 4.78 is 5.61. The number of benzene rings is 2. The molecule has 1 atom stereocenters. The van der Waals surface area contributed by atoms with Crippen LogP contribution < -0.4 is 0 Å². The fourth-order valence-electron chi connectivity index (χ4n) is 3.81. The van der Waals surface area contributed by atoms with Gasteiger partial charge in [0.1, 0.15) is 0 Å². The summed E-state index contributed by atoms with van der Waals surface area (Å²) in [6, 6.07) is 18.8. The van der Waals surface area contributed by atoms with Gasteiger partial charge in [-0.15, -0.1) is 0 Å². The lowest BCUT2D eigenvalue weighted by molar-refractivity contribution is 0.0624. The van der Waals surface area contributed by atoms with Crippen molar-refractivity contribution in [3.8, 4) is 0 Å². The summed E-state index contributed by atoms with van der Waals surface area (Å²) in [7, 11) is 0. The quantitative estimate of drug-likeness (QED) is 0.711. The summed E-state index contributed by atoms with van der Waals surface area (Å²) in [6.07, 6.45) is 1.65. The van der Waals surface area contributed by atoms with E-state index in [9.17, 15) is 4.79 Å². The highest BCUT2D eigenvalue weighted by Crippen LogP contribution is 2.34. The topological polar surface area (TPSA) is 46.3 Å². The number of hydrogen-bond donors (Lipinski definition) is 0. The van der Waals surface area contributed by atoms with Gasteiger partial charge in [0.05, 0.1) is 11.7 Å². The summed E-state index contributed by atoms with van der Waals surface area (Å²) in [5.41, 5.74) is 4.43. The molecule has 0 spiro atoms. The van der Waals surface area contributed by atoms with Crippen molar-refractivity contribution in [3.63, 3.8) is 0 Å². The summed E-state index contributed by atoms with van der Waals surface area (Å²) in [5.74, 6) is 0.821. The van der Waals surface area contributed by atoms with Gasteiger partial charge in [0.2, 0.25) is 5.76 Å². The maximum atomic E-state index is 13.2. The third-order valence-corrected chi connectivity index (χ3v) is 5.04. The first-order valence-electron chi connectivity index (χ1n) is 9.00. The van der Waals surface area contributed by atoms with Crippen LogP contribution in [0.15, 0.2) is 59.0 Å². The molecule has 1 aliphatic heterocycles. The van der Waals surface area contributed by atoms with E-state index in [0.29, 0.717) is 23.9 Å². The van der Waals surface area contributed by atoms with E-state index in [-0.39, 0.29) is 11.9 Å². The van der Waals surface area contributed by atoms with Crippen LogP contribution in [0.1, 0.15) is 44.9 Å². The van der Waals surface area contributed by atoms with Crippen LogP contribution in [0.2, 0.25) is 0 Å². The Kier molecular flexibility index (Phi) is 4.33. The first-order chi connectivity index (χ1) is 12.6. The van der Waals surface area contributed by atoms with Crippen LogP contribution in [0.5, 0.6) is 0 Å². The Hall–Kier alpha value is -2.88. The molecule has 3 aromatic rings. The van der Waals surface area contributed by atoms with E-state index in [1.807, 2.05) is 30.0 Å².